The second-order valence-electron chi connectivity index (χ2n) is 8.44. The fraction of sp³-hybridized carbons (Fsp3) is 0.346. The van der Waals surface area contributed by atoms with Crippen LogP contribution in [0.4, 0.5) is 9.18 Å². The first-order chi connectivity index (χ1) is 17.4. The third kappa shape index (κ3) is 4.84. The Morgan fingerprint density at radius 3 is 2.56 bits per heavy atom. The normalized spacial score (nSPS) is 15.8. The number of nitrogens with one attached hydrogen (secondary N) is 1. The molecule has 2 aromatic carbocycles. The summed E-state index contributed by atoms with van der Waals surface area (Å²) in [7, 11) is 2.85. The van der Waals surface area contributed by atoms with Crippen LogP contribution in [0.25, 0.3) is 17.0 Å². The van der Waals surface area contributed by atoms with Crippen molar-refractivity contribution in [2.75, 3.05) is 20.8 Å². The zero-order chi connectivity index (χ0) is 25.8. The predicted molar refractivity (Wildman–Crippen MR) is 131 cm³/mol. The first-order valence-electron chi connectivity index (χ1n) is 11.7. The number of amides is 2. The number of phenols is 1. The molecule has 4 rings (SSSR count). The van der Waals surface area contributed by atoms with Gasteiger partial charge in [-0.2, -0.15) is 4.98 Å². The molecule has 10 heteroatoms. The van der Waals surface area contributed by atoms with Crippen molar-refractivity contribution >= 4 is 11.6 Å². The number of aromatic nitrogens is 2. The number of phenolic OH excluding ortho intramolecular Hbond substituents is 1. The maximum absolute atomic E-state index is 14.3. The molecule has 0 fully saturated rings. The van der Waals surface area contributed by atoms with E-state index >= 15 is 0 Å². The number of hydrogen-bond donors (Lipinski definition) is 2. The van der Waals surface area contributed by atoms with E-state index in [0.717, 1.165) is 19.3 Å². The summed E-state index contributed by atoms with van der Waals surface area (Å²) in [5.74, 6) is 0.183. The molecule has 0 spiro atoms. The van der Waals surface area contributed by atoms with E-state index < -0.39 is 11.9 Å². The Morgan fingerprint density at radius 1 is 1.14 bits per heavy atom. The highest BCUT2D eigenvalue weighted by Gasteiger charge is 2.36. The van der Waals surface area contributed by atoms with E-state index in [2.05, 4.69) is 22.4 Å². The summed E-state index contributed by atoms with van der Waals surface area (Å²) in [6.07, 6.45) is 2.84. The summed E-state index contributed by atoms with van der Waals surface area (Å²) in [4.78, 5) is 19.3. The van der Waals surface area contributed by atoms with Gasteiger partial charge in [0.1, 0.15) is 0 Å². The number of benzene rings is 2. The van der Waals surface area contributed by atoms with E-state index in [9.17, 15) is 14.3 Å². The highest BCUT2D eigenvalue weighted by Crippen LogP contribution is 2.40. The number of urea groups is 1. The average molecular weight is 497 g/mol. The maximum Gasteiger partial charge on any atom is 0.322 e. The number of unbranched alkanes of at least 4 members (excludes halogenated alkanes) is 2. The fourth-order valence-corrected chi connectivity index (χ4v) is 4.24. The third-order valence-corrected chi connectivity index (χ3v) is 6.18. The number of ether oxygens (including phenoxy) is 2. The fourth-order valence-electron chi connectivity index (χ4n) is 4.24. The van der Waals surface area contributed by atoms with Crippen molar-refractivity contribution in [1.82, 2.24) is 20.4 Å². The molecule has 1 aromatic heterocycles. The Bertz CT molecular complexity index is 1290. The number of carbonyl (C=O) groups excluding carboxylic acids is 1. The van der Waals surface area contributed by atoms with Crippen LogP contribution in [0.15, 0.2) is 46.6 Å². The Kier molecular flexibility index (Phi) is 7.42. The van der Waals surface area contributed by atoms with Crippen molar-refractivity contribution in [3.05, 3.63) is 59.4 Å². The largest absolute Gasteiger partial charge is 0.504 e. The van der Waals surface area contributed by atoms with Crippen LogP contribution in [0, 0.1) is 5.82 Å². The van der Waals surface area contributed by atoms with Gasteiger partial charge in [0.05, 0.1) is 25.8 Å². The van der Waals surface area contributed by atoms with Crippen molar-refractivity contribution in [3.63, 3.8) is 0 Å². The molecule has 1 atom stereocenters. The average Bonchev–Trinajstić information content (AvgIpc) is 3.35. The van der Waals surface area contributed by atoms with Crippen LogP contribution in [0.3, 0.4) is 0 Å². The molecule has 0 saturated carbocycles. The van der Waals surface area contributed by atoms with Gasteiger partial charge in [-0.3, -0.25) is 4.90 Å². The van der Waals surface area contributed by atoms with Gasteiger partial charge in [-0.05, 0) is 49.2 Å². The lowest BCUT2D eigenvalue weighted by Gasteiger charge is -2.35. The van der Waals surface area contributed by atoms with Crippen molar-refractivity contribution < 1.29 is 28.3 Å². The minimum absolute atomic E-state index is 0.0634. The van der Waals surface area contributed by atoms with Gasteiger partial charge in [-0.15, -0.1) is 0 Å². The van der Waals surface area contributed by atoms with Gasteiger partial charge in [-0.25, -0.2) is 9.18 Å². The first-order valence-corrected chi connectivity index (χ1v) is 11.7. The topological polar surface area (TPSA) is 110 Å². The predicted octanol–water partition coefficient (Wildman–Crippen LogP) is 5.29. The van der Waals surface area contributed by atoms with Crippen molar-refractivity contribution in [2.45, 2.75) is 39.2 Å². The van der Waals surface area contributed by atoms with Crippen LogP contribution in [-0.2, 0) is 0 Å². The second kappa shape index (κ2) is 10.7. The number of allylic oxidation sites excluding steroid dienone is 1. The van der Waals surface area contributed by atoms with E-state index in [0.29, 0.717) is 34.7 Å². The zero-order valence-electron chi connectivity index (χ0n) is 20.7. The maximum atomic E-state index is 14.3. The molecule has 2 N–H and O–H groups in total. The molecule has 3 aromatic rings. The SMILES string of the molecule is CCCCCN1C(=O)NC(c2ccc(OC)c(O)c2)C(c2nc(-c3ccc(OC)c(F)c3)no2)=C1C. The Labute approximate surface area is 208 Å². The van der Waals surface area contributed by atoms with Crippen molar-refractivity contribution in [1.29, 1.82) is 0 Å². The van der Waals surface area contributed by atoms with Gasteiger partial charge in [0.25, 0.3) is 5.89 Å². The van der Waals surface area contributed by atoms with E-state index in [1.165, 1.54) is 32.4 Å². The number of hydrogen-bond acceptors (Lipinski definition) is 7. The highest BCUT2D eigenvalue weighted by atomic mass is 19.1. The number of aromatic hydroxyl groups is 1. The number of rotatable bonds is 9. The second-order valence-corrected chi connectivity index (χ2v) is 8.44. The standard InChI is InChI=1S/C26H29FN4O5/c1-5-6-7-12-31-15(2)22(23(28-26(31)33)16-8-11-21(35-4)19(32)14-16)25-29-24(30-36-25)17-9-10-20(34-3)18(27)13-17/h8-11,13-14,23,32H,5-7,12H2,1-4H3,(H,28,33). The molecule has 9 nitrogen and oxygen atoms in total. The third-order valence-electron chi connectivity index (χ3n) is 6.18. The monoisotopic (exact) mass is 496 g/mol. The Hall–Kier alpha value is -4.08. The minimum atomic E-state index is -0.669. The molecule has 36 heavy (non-hydrogen) atoms. The summed E-state index contributed by atoms with van der Waals surface area (Å²) in [5, 5.41) is 17.4. The number of halogens is 1. The molecule has 190 valence electrons. The van der Waals surface area contributed by atoms with Crippen LogP contribution in [-0.4, -0.2) is 46.9 Å². The summed E-state index contributed by atoms with van der Waals surface area (Å²) >= 11 is 0. The van der Waals surface area contributed by atoms with E-state index in [1.54, 1.807) is 23.1 Å². The zero-order valence-corrected chi connectivity index (χ0v) is 20.7. The molecule has 1 aliphatic rings. The number of methoxy groups -OCH3 is 2. The Balaban J connectivity index is 1.78. The molecule has 0 aliphatic carbocycles. The van der Waals surface area contributed by atoms with E-state index in [1.807, 2.05) is 6.92 Å². The van der Waals surface area contributed by atoms with Gasteiger partial charge in [0.2, 0.25) is 5.82 Å². The molecule has 0 radical (unpaired) electrons. The molecule has 1 unspecified atom stereocenters. The van der Waals surface area contributed by atoms with Gasteiger partial charge < -0.3 is 24.4 Å². The quantitative estimate of drug-likeness (QED) is 0.388. The highest BCUT2D eigenvalue weighted by molar-refractivity contribution is 5.87. The first kappa shape index (κ1) is 25.0. The number of nitrogens with zero attached hydrogens (tertiary/aromatic N) is 3. The van der Waals surface area contributed by atoms with Gasteiger partial charge in [0.15, 0.2) is 23.1 Å². The molecule has 1 aliphatic heterocycles. The lowest BCUT2D eigenvalue weighted by Crippen LogP contribution is -2.46. The summed E-state index contributed by atoms with van der Waals surface area (Å²) in [6.45, 7) is 4.45. The minimum Gasteiger partial charge on any atom is -0.504 e. The van der Waals surface area contributed by atoms with Crippen molar-refractivity contribution in [2.24, 2.45) is 0 Å². The van der Waals surface area contributed by atoms with Crippen LogP contribution in [0.5, 0.6) is 17.2 Å². The molecule has 0 bridgehead atoms. The van der Waals surface area contributed by atoms with Crippen LogP contribution in [0.1, 0.15) is 50.6 Å². The summed E-state index contributed by atoms with van der Waals surface area (Å²) < 4.78 is 30.0. The van der Waals surface area contributed by atoms with Crippen LogP contribution in [0.2, 0.25) is 0 Å². The lowest BCUT2D eigenvalue weighted by molar-refractivity contribution is 0.204. The summed E-state index contributed by atoms with van der Waals surface area (Å²) in [5.41, 5.74) is 2.27. The number of carbonyl (C=O) groups is 1. The molecule has 2 heterocycles. The van der Waals surface area contributed by atoms with Crippen LogP contribution >= 0.6 is 0 Å². The molecular weight excluding hydrogens is 467 g/mol. The van der Waals surface area contributed by atoms with Gasteiger partial charge in [-0.1, -0.05) is 31.0 Å². The molecule has 0 saturated heterocycles. The van der Waals surface area contributed by atoms with Crippen LogP contribution < -0.4 is 14.8 Å². The molecule has 2 amide bonds. The van der Waals surface area contributed by atoms with E-state index in [-0.39, 0.29) is 29.2 Å². The van der Waals surface area contributed by atoms with E-state index in [4.69, 9.17) is 14.0 Å². The Morgan fingerprint density at radius 2 is 1.89 bits per heavy atom. The molecular formula is C26H29FN4O5. The van der Waals surface area contributed by atoms with Gasteiger partial charge >= 0.3 is 6.03 Å². The van der Waals surface area contributed by atoms with Gasteiger partial charge in [0, 0.05) is 17.8 Å². The smallest absolute Gasteiger partial charge is 0.322 e. The lowest BCUT2D eigenvalue weighted by atomic mass is 9.94. The summed E-state index contributed by atoms with van der Waals surface area (Å²) in [6, 6.07) is 8.37. The van der Waals surface area contributed by atoms with Crippen molar-refractivity contribution in [3.8, 4) is 28.6 Å².